The minimum atomic E-state index is -0.855. The van der Waals surface area contributed by atoms with Crippen LogP contribution >= 0.6 is 11.3 Å². The third kappa shape index (κ3) is 3.70. The first-order valence-corrected chi connectivity index (χ1v) is 9.36. The number of aromatic nitrogens is 1. The van der Waals surface area contributed by atoms with E-state index in [4.69, 9.17) is 0 Å². The molecular weight excluding hydrogens is 396 g/mol. The highest BCUT2D eigenvalue weighted by atomic mass is 32.1. The number of hydrazine groups is 1. The highest BCUT2D eigenvalue weighted by Gasteiger charge is 2.26. The first-order valence-electron chi connectivity index (χ1n) is 8.54. The predicted molar refractivity (Wildman–Crippen MR) is 107 cm³/mol. The van der Waals surface area contributed by atoms with E-state index in [0.717, 1.165) is 33.2 Å². The van der Waals surface area contributed by atoms with Gasteiger partial charge in [0.2, 0.25) is 5.13 Å². The van der Waals surface area contributed by atoms with Crippen molar-refractivity contribution in [3.05, 3.63) is 95.6 Å². The number of benzene rings is 3. The number of para-hydroxylation sites is 1. The van der Waals surface area contributed by atoms with E-state index in [0.29, 0.717) is 5.52 Å². The van der Waals surface area contributed by atoms with Crippen molar-refractivity contribution in [2.45, 2.75) is 0 Å². The molecule has 0 bridgehead atoms. The zero-order chi connectivity index (χ0) is 20.4. The lowest BCUT2D eigenvalue weighted by atomic mass is 10.2. The monoisotopic (exact) mass is 409 g/mol. The number of fused-ring (bicyclic) bond motifs is 1. The Kier molecular flexibility index (Phi) is 5.01. The maximum atomic E-state index is 14.2. The van der Waals surface area contributed by atoms with Crippen LogP contribution in [0.1, 0.15) is 20.7 Å². The minimum absolute atomic E-state index is 0.129. The van der Waals surface area contributed by atoms with Gasteiger partial charge in [0.15, 0.2) is 0 Å². The number of nitrogens with zero attached hydrogens (tertiary/aromatic N) is 2. The Bertz CT molecular complexity index is 1190. The average Bonchev–Trinajstić information content (AvgIpc) is 3.16. The number of halogens is 2. The standard InChI is InChI=1S/C21H13F2N3O2S/c22-15-9-3-1-7-13(15)19(27)25-26(20(28)14-8-2-4-10-16(14)23)21-24-17-11-5-6-12-18(17)29-21/h1-12H,(H,25,27). The van der Waals surface area contributed by atoms with Crippen LogP contribution in [0.5, 0.6) is 0 Å². The largest absolute Gasteiger partial charge is 0.282 e. The molecule has 0 unspecified atom stereocenters. The van der Waals surface area contributed by atoms with Gasteiger partial charge in [-0.1, -0.05) is 47.7 Å². The topological polar surface area (TPSA) is 62.3 Å². The number of rotatable bonds is 3. The summed E-state index contributed by atoms with van der Waals surface area (Å²) in [6.07, 6.45) is 0. The number of hydrogen-bond donors (Lipinski definition) is 1. The van der Waals surface area contributed by atoms with Gasteiger partial charge in [0.05, 0.1) is 21.3 Å². The van der Waals surface area contributed by atoms with Crippen molar-refractivity contribution < 1.29 is 18.4 Å². The van der Waals surface area contributed by atoms with Crippen LogP contribution in [0.2, 0.25) is 0 Å². The van der Waals surface area contributed by atoms with E-state index in [2.05, 4.69) is 10.4 Å². The van der Waals surface area contributed by atoms with E-state index >= 15 is 0 Å². The van der Waals surface area contributed by atoms with Crippen molar-refractivity contribution in [2.24, 2.45) is 0 Å². The second-order valence-corrected chi connectivity index (χ2v) is 7.01. The quantitative estimate of drug-likeness (QED) is 0.505. The molecule has 0 saturated carbocycles. The van der Waals surface area contributed by atoms with E-state index in [-0.39, 0.29) is 16.3 Å². The van der Waals surface area contributed by atoms with Gasteiger partial charge in [-0.2, -0.15) is 5.01 Å². The lowest BCUT2D eigenvalue weighted by Gasteiger charge is -2.21. The molecule has 1 heterocycles. The molecule has 144 valence electrons. The lowest BCUT2D eigenvalue weighted by molar-refractivity contribution is 0.0883. The number of hydrogen-bond acceptors (Lipinski definition) is 4. The molecule has 29 heavy (non-hydrogen) atoms. The molecule has 0 atom stereocenters. The molecule has 1 aromatic heterocycles. The van der Waals surface area contributed by atoms with Gasteiger partial charge in [0, 0.05) is 0 Å². The number of nitrogens with one attached hydrogen (secondary N) is 1. The van der Waals surface area contributed by atoms with Gasteiger partial charge >= 0.3 is 0 Å². The molecule has 5 nitrogen and oxygen atoms in total. The van der Waals surface area contributed by atoms with Crippen molar-refractivity contribution >= 4 is 38.5 Å². The van der Waals surface area contributed by atoms with E-state index in [1.165, 1.54) is 36.4 Å². The number of anilines is 1. The van der Waals surface area contributed by atoms with E-state index in [1.54, 1.807) is 18.2 Å². The maximum Gasteiger partial charge on any atom is 0.282 e. The van der Waals surface area contributed by atoms with Gasteiger partial charge < -0.3 is 0 Å². The van der Waals surface area contributed by atoms with Crippen LogP contribution < -0.4 is 10.4 Å². The number of carbonyl (C=O) groups is 2. The number of amides is 2. The van der Waals surface area contributed by atoms with E-state index in [9.17, 15) is 18.4 Å². The molecule has 0 aliphatic carbocycles. The van der Waals surface area contributed by atoms with Gasteiger partial charge in [-0.05, 0) is 36.4 Å². The van der Waals surface area contributed by atoms with Gasteiger partial charge in [-0.3, -0.25) is 15.0 Å². The molecule has 3 aromatic carbocycles. The Balaban J connectivity index is 1.76. The molecule has 8 heteroatoms. The highest BCUT2D eigenvalue weighted by Crippen LogP contribution is 2.29. The molecule has 0 fully saturated rings. The number of thiazole rings is 1. The summed E-state index contributed by atoms with van der Waals surface area (Å²) < 4.78 is 29.0. The van der Waals surface area contributed by atoms with Crippen molar-refractivity contribution in [3.8, 4) is 0 Å². The molecule has 2 amide bonds. The molecule has 0 aliphatic heterocycles. The van der Waals surface area contributed by atoms with Gasteiger partial charge in [0.25, 0.3) is 11.8 Å². The molecule has 1 N–H and O–H groups in total. The second kappa shape index (κ2) is 7.76. The molecule has 4 aromatic rings. The minimum Gasteiger partial charge on any atom is -0.267 e. The zero-order valence-corrected chi connectivity index (χ0v) is 15.6. The Morgan fingerprint density at radius 2 is 1.41 bits per heavy atom. The summed E-state index contributed by atoms with van der Waals surface area (Å²) in [4.78, 5) is 30.0. The molecular formula is C21H13F2N3O2S. The van der Waals surface area contributed by atoms with E-state index in [1.807, 2.05) is 6.07 Å². The molecule has 4 rings (SSSR count). The van der Waals surface area contributed by atoms with Gasteiger partial charge in [-0.25, -0.2) is 13.8 Å². The SMILES string of the molecule is O=C(NN(C(=O)c1ccccc1F)c1nc2ccccc2s1)c1ccccc1F. The van der Waals surface area contributed by atoms with Crippen LogP contribution in [-0.4, -0.2) is 16.8 Å². The van der Waals surface area contributed by atoms with Gasteiger partial charge in [-0.15, -0.1) is 0 Å². The van der Waals surface area contributed by atoms with Gasteiger partial charge in [0.1, 0.15) is 11.6 Å². The zero-order valence-electron chi connectivity index (χ0n) is 14.8. The first kappa shape index (κ1) is 18.7. The van der Waals surface area contributed by atoms with E-state index < -0.39 is 23.4 Å². The molecule has 0 radical (unpaired) electrons. The fraction of sp³-hybridized carbons (Fsp3) is 0. The molecule has 0 spiro atoms. The summed E-state index contributed by atoms with van der Waals surface area (Å²) in [6, 6.07) is 17.9. The van der Waals surface area contributed by atoms with Crippen LogP contribution in [0.3, 0.4) is 0 Å². The molecule has 0 aliphatic rings. The third-order valence-corrected chi connectivity index (χ3v) is 5.13. The van der Waals surface area contributed by atoms with Crippen LogP contribution in [0, 0.1) is 11.6 Å². The van der Waals surface area contributed by atoms with Crippen LogP contribution in [0.15, 0.2) is 72.8 Å². The van der Waals surface area contributed by atoms with Crippen molar-refractivity contribution in [3.63, 3.8) is 0 Å². The average molecular weight is 409 g/mol. The number of carbonyl (C=O) groups excluding carboxylic acids is 2. The van der Waals surface area contributed by atoms with Crippen molar-refractivity contribution in [1.29, 1.82) is 0 Å². The third-order valence-electron chi connectivity index (χ3n) is 4.11. The Hall–Kier alpha value is -3.65. The smallest absolute Gasteiger partial charge is 0.267 e. The van der Waals surface area contributed by atoms with Crippen LogP contribution in [-0.2, 0) is 0 Å². The summed E-state index contributed by atoms with van der Waals surface area (Å²) in [5.74, 6) is -3.17. The lowest BCUT2D eigenvalue weighted by Crippen LogP contribution is -2.47. The first-order chi connectivity index (χ1) is 14.0. The van der Waals surface area contributed by atoms with Crippen LogP contribution in [0.4, 0.5) is 13.9 Å². The Morgan fingerprint density at radius 3 is 2.07 bits per heavy atom. The Labute approximate surface area is 168 Å². The summed E-state index contributed by atoms with van der Waals surface area (Å²) in [5.41, 5.74) is 2.47. The summed E-state index contributed by atoms with van der Waals surface area (Å²) >= 11 is 1.14. The molecule has 0 saturated heterocycles. The van der Waals surface area contributed by atoms with Crippen molar-refractivity contribution in [2.75, 3.05) is 5.01 Å². The van der Waals surface area contributed by atoms with Crippen LogP contribution in [0.25, 0.3) is 10.2 Å². The Morgan fingerprint density at radius 1 is 0.828 bits per heavy atom. The summed E-state index contributed by atoms with van der Waals surface area (Å²) in [5, 5.41) is 0.974. The predicted octanol–water partition coefficient (Wildman–Crippen LogP) is 4.57. The summed E-state index contributed by atoms with van der Waals surface area (Å²) in [6.45, 7) is 0. The normalized spacial score (nSPS) is 10.7. The fourth-order valence-electron chi connectivity index (χ4n) is 2.70. The fourth-order valence-corrected chi connectivity index (χ4v) is 3.63. The summed E-state index contributed by atoms with van der Waals surface area (Å²) in [7, 11) is 0. The maximum absolute atomic E-state index is 14.2. The second-order valence-electron chi connectivity index (χ2n) is 6.01. The highest BCUT2D eigenvalue weighted by molar-refractivity contribution is 7.22. The van der Waals surface area contributed by atoms with Crippen molar-refractivity contribution in [1.82, 2.24) is 10.4 Å².